The van der Waals surface area contributed by atoms with Crippen molar-refractivity contribution in [3.8, 4) is 5.75 Å². The monoisotopic (exact) mass is 384 g/mol. The molecule has 1 saturated heterocycles. The van der Waals surface area contributed by atoms with Gasteiger partial charge >= 0.3 is 6.09 Å². The summed E-state index contributed by atoms with van der Waals surface area (Å²) in [5.74, 6) is -2.22. The Morgan fingerprint density at radius 3 is 2.30 bits per heavy atom. The third-order valence-electron chi connectivity index (χ3n) is 4.42. The fourth-order valence-corrected chi connectivity index (χ4v) is 3.22. The molecule has 6 nitrogen and oxygen atoms in total. The van der Waals surface area contributed by atoms with Gasteiger partial charge in [0.2, 0.25) is 5.91 Å². The molecular weight excluding hydrogens is 358 g/mol. The standard InChI is InChI=1S/C19H26F2N2O4/c1-11(24)23-7-6-13(16(10-23)22-18(25)27-19(2,3)4)17-14(20)8-12(26-5)9-15(17)21/h8-9,13,16H,6-7,10H2,1-5H3,(H,22,25)/t13?,16-/m1/s1. The van der Waals surface area contributed by atoms with E-state index in [4.69, 9.17) is 9.47 Å². The second kappa shape index (κ2) is 8.10. The first-order chi connectivity index (χ1) is 12.5. The Hall–Kier alpha value is -2.38. The highest BCUT2D eigenvalue weighted by Crippen LogP contribution is 2.34. The topological polar surface area (TPSA) is 67.9 Å². The van der Waals surface area contributed by atoms with Crippen molar-refractivity contribution < 1.29 is 27.8 Å². The quantitative estimate of drug-likeness (QED) is 0.869. The predicted octanol–water partition coefficient (Wildman–Crippen LogP) is 3.20. The highest BCUT2D eigenvalue weighted by molar-refractivity contribution is 5.74. The van der Waals surface area contributed by atoms with E-state index >= 15 is 0 Å². The highest BCUT2D eigenvalue weighted by Gasteiger charge is 2.36. The van der Waals surface area contributed by atoms with E-state index in [2.05, 4.69) is 5.32 Å². The SMILES string of the molecule is COc1cc(F)c(C2CCN(C(C)=O)C[C@H]2NC(=O)OC(C)(C)C)c(F)c1. The fraction of sp³-hybridized carbons (Fsp3) is 0.579. The third kappa shape index (κ3) is 5.30. The maximum absolute atomic E-state index is 14.6. The minimum Gasteiger partial charge on any atom is -0.497 e. The van der Waals surface area contributed by atoms with Crippen molar-refractivity contribution in [1.29, 1.82) is 0 Å². The summed E-state index contributed by atoms with van der Waals surface area (Å²) in [6, 6.07) is 1.54. The number of nitrogens with zero attached hydrogens (tertiary/aromatic N) is 1. The number of likely N-dealkylation sites (tertiary alicyclic amines) is 1. The van der Waals surface area contributed by atoms with Gasteiger partial charge in [-0.2, -0.15) is 0 Å². The minimum absolute atomic E-state index is 0.0755. The van der Waals surface area contributed by atoms with Crippen LogP contribution in [0.3, 0.4) is 0 Å². The lowest BCUT2D eigenvalue weighted by Gasteiger charge is -2.39. The smallest absolute Gasteiger partial charge is 0.407 e. The summed E-state index contributed by atoms with van der Waals surface area (Å²) in [6.45, 7) is 7.06. The number of amides is 2. The Balaban J connectivity index is 2.32. The van der Waals surface area contributed by atoms with Crippen LogP contribution in [0.2, 0.25) is 0 Å². The molecule has 0 aromatic heterocycles. The summed E-state index contributed by atoms with van der Waals surface area (Å²) in [5, 5.41) is 2.67. The van der Waals surface area contributed by atoms with Crippen LogP contribution in [0.15, 0.2) is 12.1 Å². The Kier molecular flexibility index (Phi) is 6.28. The van der Waals surface area contributed by atoms with E-state index in [1.54, 1.807) is 20.8 Å². The van der Waals surface area contributed by atoms with Gasteiger partial charge in [-0.15, -0.1) is 0 Å². The molecule has 1 heterocycles. The molecule has 1 aromatic carbocycles. The summed E-state index contributed by atoms with van der Waals surface area (Å²) < 4.78 is 39.3. The van der Waals surface area contributed by atoms with E-state index in [0.29, 0.717) is 13.0 Å². The Bertz CT molecular complexity index is 695. The largest absolute Gasteiger partial charge is 0.497 e. The molecular formula is C19H26F2N2O4. The molecule has 0 saturated carbocycles. The second-order valence-electron chi connectivity index (χ2n) is 7.62. The van der Waals surface area contributed by atoms with Crippen molar-refractivity contribution in [3.63, 3.8) is 0 Å². The summed E-state index contributed by atoms with van der Waals surface area (Å²) >= 11 is 0. The van der Waals surface area contributed by atoms with Gasteiger partial charge in [0.15, 0.2) is 0 Å². The molecule has 0 aliphatic carbocycles. The zero-order chi connectivity index (χ0) is 20.4. The van der Waals surface area contributed by atoms with Gasteiger partial charge in [-0.3, -0.25) is 4.79 Å². The van der Waals surface area contributed by atoms with E-state index in [1.807, 2.05) is 0 Å². The molecule has 1 aliphatic heterocycles. The molecule has 1 fully saturated rings. The van der Waals surface area contributed by atoms with Gasteiger partial charge in [-0.05, 0) is 27.2 Å². The Morgan fingerprint density at radius 2 is 1.81 bits per heavy atom. The van der Waals surface area contributed by atoms with Crippen LogP contribution >= 0.6 is 0 Å². The molecule has 0 radical (unpaired) electrons. The molecule has 1 unspecified atom stereocenters. The van der Waals surface area contributed by atoms with Crippen LogP contribution in [0.25, 0.3) is 0 Å². The van der Waals surface area contributed by atoms with Crippen LogP contribution in [-0.4, -0.2) is 48.7 Å². The molecule has 8 heteroatoms. The molecule has 1 aromatic rings. The van der Waals surface area contributed by atoms with Crippen molar-refractivity contribution >= 4 is 12.0 Å². The second-order valence-corrected chi connectivity index (χ2v) is 7.62. The fourth-order valence-electron chi connectivity index (χ4n) is 3.22. The number of benzene rings is 1. The van der Waals surface area contributed by atoms with Crippen molar-refractivity contribution in [2.24, 2.45) is 0 Å². The number of ether oxygens (including phenoxy) is 2. The van der Waals surface area contributed by atoms with Gasteiger partial charge in [-0.25, -0.2) is 13.6 Å². The van der Waals surface area contributed by atoms with Crippen LogP contribution < -0.4 is 10.1 Å². The van der Waals surface area contributed by atoms with E-state index in [-0.39, 0.29) is 23.8 Å². The van der Waals surface area contributed by atoms with Gasteiger partial charge in [0.05, 0.1) is 13.2 Å². The number of halogens is 2. The van der Waals surface area contributed by atoms with Gasteiger partial charge < -0.3 is 19.7 Å². The van der Waals surface area contributed by atoms with E-state index in [0.717, 1.165) is 12.1 Å². The maximum atomic E-state index is 14.6. The van der Waals surface area contributed by atoms with Gasteiger partial charge in [0, 0.05) is 43.6 Å². The molecule has 2 amide bonds. The van der Waals surface area contributed by atoms with Gasteiger partial charge in [0.1, 0.15) is 23.0 Å². The number of alkyl carbamates (subject to hydrolysis) is 1. The van der Waals surface area contributed by atoms with Crippen LogP contribution in [0.1, 0.15) is 45.6 Å². The van der Waals surface area contributed by atoms with Crippen LogP contribution in [-0.2, 0) is 9.53 Å². The van der Waals surface area contributed by atoms with Crippen LogP contribution in [0.4, 0.5) is 13.6 Å². The Labute approximate surface area is 157 Å². The lowest BCUT2D eigenvalue weighted by Crippen LogP contribution is -2.53. The van der Waals surface area contributed by atoms with Crippen LogP contribution in [0.5, 0.6) is 5.75 Å². The number of piperidine rings is 1. The zero-order valence-electron chi connectivity index (χ0n) is 16.3. The molecule has 1 aliphatic rings. The van der Waals surface area contributed by atoms with Crippen molar-refractivity contribution in [3.05, 3.63) is 29.3 Å². The molecule has 1 N–H and O–H groups in total. The predicted molar refractivity (Wildman–Crippen MR) is 95.7 cm³/mol. The number of hydrogen-bond donors (Lipinski definition) is 1. The molecule has 0 bridgehead atoms. The summed E-state index contributed by atoms with van der Waals surface area (Å²) in [6.07, 6.45) is -0.391. The lowest BCUT2D eigenvalue weighted by atomic mass is 9.84. The first-order valence-electron chi connectivity index (χ1n) is 8.79. The van der Waals surface area contributed by atoms with Gasteiger partial charge in [0.25, 0.3) is 0 Å². The first kappa shape index (κ1) is 20.9. The summed E-state index contributed by atoms with van der Waals surface area (Å²) in [4.78, 5) is 25.5. The van der Waals surface area contributed by atoms with Crippen molar-refractivity contribution in [2.45, 2.75) is 51.7 Å². The average Bonchev–Trinajstić information content (AvgIpc) is 2.53. The number of carbonyl (C=O) groups is 2. The minimum atomic E-state index is -0.746. The summed E-state index contributed by atoms with van der Waals surface area (Å²) in [7, 11) is 1.33. The Morgan fingerprint density at radius 1 is 1.22 bits per heavy atom. The molecule has 27 heavy (non-hydrogen) atoms. The van der Waals surface area contributed by atoms with E-state index < -0.39 is 35.3 Å². The molecule has 0 spiro atoms. The third-order valence-corrected chi connectivity index (χ3v) is 4.42. The van der Waals surface area contributed by atoms with Gasteiger partial charge in [-0.1, -0.05) is 0 Å². The molecule has 150 valence electrons. The number of hydrogen-bond acceptors (Lipinski definition) is 4. The molecule has 2 rings (SSSR count). The van der Waals surface area contributed by atoms with E-state index in [1.165, 1.54) is 18.9 Å². The molecule has 2 atom stereocenters. The maximum Gasteiger partial charge on any atom is 0.407 e. The number of carbonyl (C=O) groups excluding carboxylic acids is 2. The summed E-state index contributed by atoms with van der Waals surface area (Å²) in [5.41, 5.74) is -0.842. The normalized spacial score (nSPS) is 20.2. The lowest BCUT2D eigenvalue weighted by molar-refractivity contribution is -0.130. The van der Waals surface area contributed by atoms with Crippen molar-refractivity contribution in [2.75, 3.05) is 20.2 Å². The zero-order valence-corrected chi connectivity index (χ0v) is 16.3. The number of nitrogens with one attached hydrogen (secondary N) is 1. The van der Waals surface area contributed by atoms with E-state index in [9.17, 15) is 18.4 Å². The van der Waals surface area contributed by atoms with Crippen LogP contribution in [0, 0.1) is 11.6 Å². The van der Waals surface area contributed by atoms with Crippen molar-refractivity contribution in [1.82, 2.24) is 10.2 Å². The number of rotatable bonds is 3. The first-order valence-corrected chi connectivity index (χ1v) is 8.79. The number of methoxy groups -OCH3 is 1. The average molecular weight is 384 g/mol. The highest BCUT2D eigenvalue weighted by atomic mass is 19.1.